The number of imidazole rings is 1. The van der Waals surface area contributed by atoms with Gasteiger partial charge in [-0.2, -0.15) is 4.98 Å². The van der Waals surface area contributed by atoms with E-state index in [9.17, 15) is 4.79 Å². The normalized spacial score (nSPS) is 11.0. The van der Waals surface area contributed by atoms with Gasteiger partial charge in [-0.15, -0.1) is 0 Å². The molecule has 0 aliphatic carbocycles. The maximum Gasteiger partial charge on any atom is 0.330 e. The summed E-state index contributed by atoms with van der Waals surface area (Å²) in [5.41, 5.74) is 3.65. The summed E-state index contributed by atoms with van der Waals surface area (Å²) in [5, 5.41) is 4.38. The van der Waals surface area contributed by atoms with Gasteiger partial charge < -0.3 is 9.51 Å². The molecule has 0 saturated heterocycles. The minimum atomic E-state index is -0.181. The zero-order chi connectivity index (χ0) is 18.3. The molecule has 1 aromatic carbocycles. The number of hydrogen-bond acceptors (Lipinski definition) is 5. The number of H-pyrrole nitrogens is 1. The molecular formula is C18H14ClN5O2. The van der Waals surface area contributed by atoms with Gasteiger partial charge in [0.25, 0.3) is 5.89 Å². The maximum absolute atomic E-state index is 11.9. The Balaban J connectivity index is 1.67. The highest BCUT2D eigenvalue weighted by Crippen LogP contribution is 2.24. The molecule has 0 spiro atoms. The van der Waals surface area contributed by atoms with E-state index in [1.807, 2.05) is 44.2 Å². The van der Waals surface area contributed by atoms with Crippen LogP contribution in [0.5, 0.6) is 0 Å². The van der Waals surface area contributed by atoms with Crippen LogP contribution >= 0.6 is 11.6 Å². The fraction of sp³-hybridized carbons (Fsp3) is 0.111. The highest BCUT2D eigenvalue weighted by atomic mass is 35.5. The summed E-state index contributed by atoms with van der Waals surface area (Å²) in [6.45, 7) is 3.77. The van der Waals surface area contributed by atoms with Gasteiger partial charge in [-0.1, -0.05) is 16.8 Å². The van der Waals surface area contributed by atoms with Crippen molar-refractivity contribution in [2.45, 2.75) is 13.8 Å². The third-order valence-corrected chi connectivity index (χ3v) is 4.12. The molecule has 0 fully saturated rings. The van der Waals surface area contributed by atoms with Gasteiger partial charge in [0.1, 0.15) is 10.8 Å². The van der Waals surface area contributed by atoms with Crippen LogP contribution in [0.2, 0.25) is 5.15 Å². The summed E-state index contributed by atoms with van der Waals surface area (Å²) in [6.07, 6.45) is 1.67. The highest BCUT2D eigenvalue weighted by Gasteiger charge is 2.13. The van der Waals surface area contributed by atoms with E-state index in [1.165, 1.54) is 0 Å². The molecule has 4 rings (SSSR count). The maximum atomic E-state index is 11.9. The molecule has 7 nitrogen and oxygen atoms in total. The lowest BCUT2D eigenvalue weighted by Crippen LogP contribution is -2.15. The van der Waals surface area contributed by atoms with E-state index in [2.05, 4.69) is 20.1 Å². The molecule has 0 aliphatic heterocycles. The summed E-state index contributed by atoms with van der Waals surface area (Å²) in [6, 6.07) is 10.9. The van der Waals surface area contributed by atoms with E-state index >= 15 is 0 Å². The van der Waals surface area contributed by atoms with E-state index in [1.54, 1.807) is 16.8 Å². The van der Waals surface area contributed by atoms with E-state index in [0.717, 1.165) is 22.5 Å². The van der Waals surface area contributed by atoms with Gasteiger partial charge in [0.2, 0.25) is 5.82 Å². The summed E-state index contributed by atoms with van der Waals surface area (Å²) in [7, 11) is 0. The fourth-order valence-corrected chi connectivity index (χ4v) is 2.98. The van der Waals surface area contributed by atoms with Gasteiger partial charge in [-0.05, 0) is 55.8 Å². The first-order valence-corrected chi connectivity index (χ1v) is 8.25. The number of aromatic nitrogens is 5. The van der Waals surface area contributed by atoms with E-state index < -0.39 is 0 Å². The third kappa shape index (κ3) is 2.93. The van der Waals surface area contributed by atoms with Crippen LogP contribution in [-0.4, -0.2) is 24.7 Å². The molecule has 3 heterocycles. The molecule has 4 aromatic rings. The smallest absolute Gasteiger partial charge is 0.330 e. The predicted molar refractivity (Wildman–Crippen MR) is 97.4 cm³/mol. The SMILES string of the molecule is Cc1cc(Cl)nc(-c2nc(-c3ccc(-n4c(C)c[nH]c4=O)cc3)no2)c1. The molecule has 0 bridgehead atoms. The van der Waals surface area contributed by atoms with Crippen LogP contribution < -0.4 is 5.69 Å². The number of pyridine rings is 1. The molecule has 8 heteroatoms. The van der Waals surface area contributed by atoms with Crippen molar-refractivity contribution in [3.63, 3.8) is 0 Å². The van der Waals surface area contributed by atoms with Crippen LogP contribution in [-0.2, 0) is 0 Å². The molecule has 3 aromatic heterocycles. The number of aryl methyl sites for hydroxylation is 2. The monoisotopic (exact) mass is 367 g/mol. The number of nitrogens with zero attached hydrogens (tertiary/aromatic N) is 4. The Bertz CT molecular complexity index is 1120. The summed E-state index contributed by atoms with van der Waals surface area (Å²) in [5.74, 6) is 0.733. The first-order valence-electron chi connectivity index (χ1n) is 7.87. The van der Waals surface area contributed by atoms with Gasteiger partial charge in [0, 0.05) is 17.5 Å². The number of aromatic amines is 1. The van der Waals surface area contributed by atoms with Crippen LogP contribution in [0.25, 0.3) is 28.7 Å². The molecule has 0 amide bonds. The van der Waals surface area contributed by atoms with Crippen LogP contribution in [0.15, 0.2) is 51.9 Å². The summed E-state index contributed by atoms with van der Waals surface area (Å²) in [4.78, 5) is 23.1. The number of hydrogen-bond donors (Lipinski definition) is 1. The quantitative estimate of drug-likeness (QED) is 0.559. The molecule has 0 unspecified atom stereocenters. The lowest BCUT2D eigenvalue weighted by atomic mass is 10.2. The van der Waals surface area contributed by atoms with Crippen molar-refractivity contribution >= 4 is 11.6 Å². The van der Waals surface area contributed by atoms with Crippen LogP contribution in [0.1, 0.15) is 11.3 Å². The fourth-order valence-electron chi connectivity index (χ4n) is 2.72. The molecule has 0 radical (unpaired) electrons. The molecule has 0 aliphatic rings. The van der Waals surface area contributed by atoms with Gasteiger partial charge >= 0.3 is 5.69 Å². The Morgan fingerprint density at radius 1 is 1.12 bits per heavy atom. The van der Waals surface area contributed by atoms with Crippen molar-refractivity contribution in [1.82, 2.24) is 24.7 Å². The van der Waals surface area contributed by atoms with Crippen molar-refractivity contribution in [3.05, 3.63) is 69.5 Å². The second-order valence-corrected chi connectivity index (χ2v) is 6.28. The molecule has 26 heavy (non-hydrogen) atoms. The minimum Gasteiger partial charge on any atom is -0.332 e. The third-order valence-electron chi connectivity index (χ3n) is 3.93. The van der Waals surface area contributed by atoms with Crippen molar-refractivity contribution in [2.75, 3.05) is 0 Å². The van der Waals surface area contributed by atoms with Crippen LogP contribution in [0.3, 0.4) is 0 Å². The van der Waals surface area contributed by atoms with Crippen molar-refractivity contribution < 1.29 is 4.52 Å². The summed E-state index contributed by atoms with van der Waals surface area (Å²) < 4.78 is 6.90. The predicted octanol–water partition coefficient (Wildman–Crippen LogP) is 3.55. The Morgan fingerprint density at radius 3 is 2.54 bits per heavy atom. The van der Waals surface area contributed by atoms with E-state index in [0.29, 0.717) is 22.6 Å². The highest BCUT2D eigenvalue weighted by molar-refractivity contribution is 6.29. The average molecular weight is 368 g/mol. The first kappa shape index (κ1) is 16.3. The molecule has 1 N–H and O–H groups in total. The zero-order valence-corrected chi connectivity index (χ0v) is 14.8. The Kier molecular flexibility index (Phi) is 3.93. The molecular weight excluding hydrogens is 354 g/mol. The van der Waals surface area contributed by atoms with Crippen molar-refractivity contribution in [1.29, 1.82) is 0 Å². The topological polar surface area (TPSA) is 89.6 Å². The van der Waals surface area contributed by atoms with Crippen LogP contribution in [0, 0.1) is 13.8 Å². The molecule has 130 valence electrons. The zero-order valence-electron chi connectivity index (χ0n) is 14.0. The number of nitrogens with one attached hydrogen (secondary N) is 1. The van der Waals surface area contributed by atoms with Gasteiger partial charge in [-0.3, -0.25) is 4.57 Å². The van der Waals surface area contributed by atoms with Crippen LogP contribution in [0.4, 0.5) is 0 Å². The van der Waals surface area contributed by atoms with Gasteiger partial charge in [0.15, 0.2) is 0 Å². The Morgan fingerprint density at radius 2 is 1.88 bits per heavy atom. The van der Waals surface area contributed by atoms with Crippen molar-refractivity contribution in [2.24, 2.45) is 0 Å². The van der Waals surface area contributed by atoms with Gasteiger partial charge in [0.05, 0.1) is 5.69 Å². The van der Waals surface area contributed by atoms with E-state index in [4.69, 9.17) is 16.1 Å². The van der Waals surface area contributed by atoms with E-state index in [-0.39, 0.29) is 5.69 Å². The number of benzene rings is 1. The lowest BCUT2D eigenvalue weighted by molar-refractivity contribution is 0.431. The minimum absolute atomic E-state index is 0.181. The second-order valence-electron chi connectivity index (χ2n) is 5.89. The number of halogens is 1. The molecule has 0 atom stereocenters. The Hall–Kier alpha value is -3.19. The first-order chi connectivity index (χ1) is 12.5. The second kappa shape index (κ2) is 6.27. The van der Waals surface area contributed by atoms with Gasteiger partial charge in [-0.25, -0.2) is 9.78 Å². The average Bonchev–Trinajstić information content (AvgIpc) is 3.22. The lowest BCUT2D eigenvalue weighted by Gasteiger charge is -2.04. The number of rotatable bonds is 3. The summed E-state index contributed by atoms with van der Waals surface area (Å²) >= 11 is 5.98. The van der Waals surface area contributed by atoms with Crippen molar-refractivity contribution in [3.8, 4) is 28.7 Å². The standard InChI is InChI=1S/C18H14ClN5O2/c1-10-7-14(21-15(19)8-10)17-22-16(23-26-17)12-3-5-13(6-4-12)24-11(2)9-20-18(24)25/h3-9H,1-2H3,(H,20,25). The molecule has 0 saturated carbocycles. The largest absolute Gasteiger partial charge is 0.332 e. The Labute approximate surface area is 153 Å².